The second-order valence-electron chi connectivity index (χ2n) is 24.6. The zero-order valence-corrected chi connectivity index (χ0v) is 46.0. The highest BCUT2D eigenvalue weighted by Crippen LogP contribution is 2.63. The van der Waals surface area contributed by atoms with Gasteiger partial charge in [-0.05, 0) is 164 Å². The second kappa shape index (κ2) is 15.7. The van der Waals surface area contributed by atoms with Crippen LogP contribution in [0.15, 0.2) is 186 Å². The minimum absolute atomic E-state index is 0.0272. The molecule has 4 unspecified atom stereocenters. The molecule has 0 saturated heterocycles. The van der Waals surface area contributed by atoms with Gasteiger partial charge in [0.15, 0.2) is 0 Å². The van der Waals surface area contributed by atoms with Gasteiger partial charge in [-0.1, -0.05) is 137 Å². The first kappa shape index (κ1) is 45.3. The predicted molar refractivity (Wildman–Crippen MR) is 331 cm³/mol. The lowest BCUT2D eigenvalue weighted by atomic mass is 9.33. The SMILES string of the molecule is Cc1cc2c3c(c1)N(c1cccc4sc5ccccc5c14)c1cc(N4c5ccccc5C5(C)CCCCC45C)ccc1B3c1ccc(N3c4ccccc4C4(C)CCCCC34C)cc1N2c1cccc2oc3ccccc3c12. The number of hydrogen-bond acceptors (Lipinski definition) is 6. The summed E-state index contributed by atoms with van der Waals surface area (Å²) in [5.74, 6) is 0. The van der Waals surface area contributed by atoms with Gasteiger partial charge < -0.3 is 24.0 Å². The van der Waals surface area contributed by atoms with E-state index in [4.69, 9.17) is 4.42 Å². The fourth-order valence-corrected chi connectivity index (χ4v) is 18.1. The Morgan fingerprint density at radius 3 is 1.54 bits per heavy atom. The van der Waals surface area contributed by atoms with Gasteiger partial charge in [-0.2, -0.15) is 0 Å². The molecule has 6 aliphatic rings. The van der Waals surface area contributed by atoms with Crippen LogP contribution in [-0.4, -0.2) is 17.8 Å². The molecule has 0 N–H and O–H groups in total. The number of fused-ring (bicyclic) bond motifs is 16. The summed E-state index contributed by atoms with van der Waals surface area (Å²) in [6.45, 7) is 12.5. The molecule has 7 heteroatoms. The van der Waals surface area contributed by atoms with Crippen LogP contribution in [0.2, 0.25) is 0 Å². The maximum Gasteiger partial charge on any atom is 0.252 e. The lowest BCUT2D eigenvalue weighted by Gasteiger charge is -2.51. The Morgan fingerprint density at radius 2 is 0.910 bits per heavy atom. The fourth-order valence-electron chi connectivity index (χ4n) is 17.0. The summed E-state index contributed by atoms with van der Waals surface area (Å²) >= 11 is 1.90. The van der Waals surface area contributed by atoms with Crippen molar-refractivity contribution in [1.82, 2.24) is 0 Å². The van der Waals surface area contributed by atoms with Crippen molar-refractivity contribution in [2.75, 3.05) is 19.6 Å². The number of aryl methyl sites for hydroxylation is 1. The van der Waals surface area contributed by atoms with E-state index in [2.05, 4.69) is 236 Å². The zero-order chi connectivity index (χ0) is 52.0. The lowest BCUT2D eigenvalue weighted by molar-refractivity contribution is 0.195. The third-order valence-corrected chi connectivity index (χ3v) is 22.1. The standard InChI is InChI=1S/C71H61BN4OS/c1-44-40-59-67-60(41-44)74(56-27-19-31-64-66(56)48-21-7-13-30-63(48)78-64)58-43-46(76-54-25-11-9-23-50(54)69(3)37-15-17-39-71(69,76)5)33-35-52(58)72(67)51-34-32-45(75-53-24-10-8-22-49(53)68(2)36-14-16-38-70(68,75)4)42-57(51)73(59)55-26-18-29-62-65(55)47-20-6-12-28-61(47)77-62/h6-13,18-35,40-43H,14-17,36-39H2,1-5H3. The van der Waals surface area contributed by atoms with E-state index in [1.807, 2.05) is 11.3 Å². The van der Waals surface area contributed by atoms with Gasteiger partial charge in [0.2, 0.25) is 0 Å². The number of furan rings is 1. The van der Waals surface area contributed by atoms with E-state index in [0.29, 0.717) is 0 Å². The molecular weight excluding hydrogens is 968 g/mol. The minimum atomic E-state index is -0.0917. The summed E-state index contributed by atoms with van der Waals surface area (Å²) < 4.78 is 9.37. The third kappa shape index (κ3) is 5.63. The van der Waals surface area contributed by atoms with Crippen LogP contribution in [0.4, 0.5) is 56.9 Å². The van der Waals surface area contributed by atoms with Gasteiger partial charge in [0.1, 0.15) is 11.2 Å². The van der Waals surface area contributed by atoms with Gasteiger partial charge >= 0.3 is 0 Å². The van der Waals surface area contributed by atoms with E-state index in [0.717, 1.165) is 40.5 Å². The summed E-state index contributed by atoms with van der Waals surface area (Å²) in [5, 5.41) is 4.88. The molecule has 78 heavy (non-hydrogen) atoms. The third-order valence-electron chi connectivity index (χ3n) is 21.0. The summed E-state index contributed by atoms with van der Waals surface area (Å²) in [7, 11) is 0. The van der Waals surface area contributed by atoms with Gasteiger partial charge in [0, 0.05) is 81.9 Å². The smallest absolute Gasteiger partial charge is 0.252 e. The van der Waals surface area contributed by atoms with E-state index in [1.165, 1.54) is 143 Å². The molecule has 5 nitrogen and oxygen atoms in total. The van der Waals surface area contributed by atoms with E-state index in [-0.39, 0.29) is 28.6 Å². The number of benzene rings is 9. The van der Waals surface area contributed by atoms with Crippen molar-refractivity contribution in [3.63, 3.8) is 0 Å². The normalized spacial score (nSPS) is 23.6. The van der Waals surface area contributed by atoms with Gasteiger partial charge in [-0.3, -0.25) is 0 Å². The van der Waals surface area contributed by atoms with Crippen molar-refractivity contribution in [3.8, 4) is 0 Å². The number of thiophene rings is 1. The Morgan fingerprint density at radius 1 is 0.423 bits per heavy atom. The molecule has 11 aromatic rings. The molecule has 2 fully saturated rings. The Labute approximate surface area is 461 Å². The number of rotatable bonds is 4. The van der Waals surface area contributed by atoms with Crippen LogP contribution in [-0.2, 0) is 10.8 Å². The summed E-state index contributed by atoms with van der Waals surface area (Å²) in [6.07, 6.45) is 9.65. The Balaban J connectivity index is 0.970. The molecule has 0 radical (unpaired) electrons. The maximum atomic E-state index is 6.75. The van der Waals surface area contributed by atoms with Crippen LogP contribution >= 0.6 is 11.3 Å². The molecule has 0 amide bonds. The van der Waals surface area contributed by atoms with Crippen LogP contribution < -0.4 is 36.0 Å². The number of para-hydroxylation sites is 3. The molecule has 9 aromatic carbocycles. The second-order valence-corrected chi connectivity index (χ2v) is 25.7. The minimum Gasteiger partial charge on any atom is -0.456 e. The van der Waals surface area contributed by atoms with Crippen molar-refractivity contribution in [3.05, 3.63) is 199 Å². The number of anilines is 10. The predicted octanol–water partition coefficient (Wildman–Crippen LogP) is 17.8. The van der Waals surface area contributed by atoms with Crippen LogP contribution in [0.25, 0.3) is 42.1 Å². The molecule has 2 saturated carbocycles. The van der Waals surface area contributed by atoms with Gasteiger partial charge in [0.25, 0.3) is 6.71 Å². The molecule has 380 valence electrons. The monoisotopic (exact) mass is 1030 g/mol. The van der Waals surface area contributed by atoms with E-state index in [1.54, 1.807) is 0 Å². The molecule has 2 aliphatic carbocycles. The van der Waals surface area contributed by atoms with E-state index >= 15 is 0 Å². The fraction of sp³-hybridized carbons (Fsp3) is 0.239. The molecule has 4 aliphatic heterocycles. The van der Waals surface area contributed by atoms with Crippen molar-refractivity contribution in [1.29, 1.82) is 0 Å². The van der Waals surface area contributed by atoms with Crippen LogP contribution in [0.5, 0.6) is 0 Å². The van der Waals surface area contributed by atoms with Crippen LogP contribution in [0.1, 0.15) is 95.8 Å². The summed E-state index contributed by atoms with van der Waals surface area (Å²) in [5.41, 5.74) is 22.4. The van der Waals surface area contributed by atoms with Crippen molar-refractivity contribution < 1.29 is 4.42 Å². The highest BCUT2D eigenvalue weighted by molar-refractivity contribution is 7.26. The summed E-state index contributed by atoms with van der Waals surface area (Å²) in [6, 6.07) is 70.2. The van der Waals surface area contributed by atoms with Gasteiger partial charge in [-0.15, -0.1) is 11.3 Å². The zero-order valence-electron chi connectivity index (χ0n) is 45.2. The Kier molecular flexibility index (Phi) is 9.13. The molecule has 2 aromatic heterocycles. The average Bonchev–Trinajstić information content (AvgIpc) is 3.41. The molecule has 4 atom stereocenters. The molecule has 17 rings (SSSR count). The van der Waals surface area contributed by atoms with Crippen LogP contribution in [0.3, 0.4) is 0 Å². The first-order valence-corrected chi connectivity index (χ1v) is 29.5. The molecular formula is C71H61BN4OS. The number of hydrogen-bond donors (Lipinski definition) is 0. The Bertz CT molecular complexity index is 4130. The molecule has 0 bridgehead atoms. The van der Waals surface area contributed by atoms with Gasteiger partial charge in [0.05, 0.1) is 27.8 Å². The van der Waals surface area contributed by atoms with E-state index < -0.39 is 0 Å². The number of nitrogens with zero attached hydrogens (tertiary/aromatic N) is 4. The van der Waals surface area contributed by atoms with Crippen molar-refractivity contribution in [2.45, 2.75) is 108 Å². The quantitative estimate of drug-likeness (QED) is 0.164. The first-order chi connectivity index (χ1) is 38.1. The van der Waals surface area contributed by atoms with E-state index in [9.17, 15) is 0 Å². The maximum absolute atomic E-state index is 6.75. The first-order valence-electron chi connectivity index (χ1n) is 28.7. The molecule has 6 heterocycles. The molecule has 0 spiro atoms. The average molecular weight is 1030 g/mol. The highest BCUT2D eigenvalue weighted by Gasteiger charge is 2.59. The summed E-state index contributed by atoms with van der Waals surface area (Å²) in [4.78, 5) is 10.8. The highest BCUT2D eigenvalue weighted by atomic mass is 32.1. The van der Waals surface area contributed by atoms with Crippen LogP contribution in [0, 0.1) is 6.92 Å². The van der Waals surface area contributed by atoms with Crippen molar-refractivity contribution in [2.24, 2.45) is 0 Å². The van der Waals surface area contributed by atoms with Gasteiger partial charge in [-0.25, -0.2) is 0 Å². The Hall–Kier alpha value is -7.74. The largest absolute Gasteiger partial charge is 0.456 e. The van der Waals surface area contributed by atoms with Crippen molar-refractivity contribution >= 4 is 133 Å². The lowest BCUT2D eigenvalue weighted by Crippen LogP contribution is -2.61. The topological polar surface area (TPSA) is 26.1 Å².